The summed E-state index contributed by atoms with van der Waals surface area (Å²) in [5.74, 6) is -0.879. The number of benzene rings is 1. The van der Waals surface area contributed by atoms with Gasteiger partial charge in [0.15, 0.2) is 0 Å². The molecule has 1 aromatic rings. The predicted molar refractivity (Wildman–Crippen MR) is 60.1 cm³/mol. The van der Waals surface area contributed by atoms with Crippen molar-refractivity contribution in [2.75, 3.05) is 13.1 Å². The van der Waals surface area contributed by atoms with Crippen molar-refractivity contribution in [3.63, 3.8) is 0 Å². The van der Waals surface area contributed by atoms with Crippen molar-refractivity contribution in [3.05, 3.63) is 35.9 Å². The van der Waals surface area contributed by atoms with Crippen molar-refractivity contribution >= 4 is 5.97 Å². The number of rotatable bonds is 1. The van der Waals surface area contributed by atoms with E-state index in [2.05, 4.69) is 5.32 Å². The third kappa shape index (κ3) is 5.18. The molecule has 0 aliphatic carbocycles. The highest BCUT2D eigenvalue weighted by Crippen LogP contribution is 1.96. The molecule has 0 amide bonds. The number of hydrogen-bond acceptors (Lipinski definition) is 2. The minimum absolute atomic E-state index is 0.331. The molecule has 1 aromatic carbocycles. The van der Waals surface area contributed by atoms with E-state index >= 15 is 0 Å². The van der Waals surface area contributed by atoms with Crippen LogP contribution in [0.25, 0.3) is 0 Å². The van der Waals surface area contributed by atoms with Crippen molar-refractivity contribution < 1.29 is 9.90 Å². The van der Waals surface area contributed by atoms with E-state index in [1.807, 2.05) is 0 Å². The van der Waals surface area contributed by atoms with Gasteiger partial charge in [0, 0.05) is 0 Å². The van der Waals surface area contributed by atoms with Gasteiger partial charge in [-0.05, 0) is 38.1 Å². The molecule has 1 saturated heterocycles. The Hall–Kier alpha value is -1.35. The Morgan fingerprint density at radius 1 is 1.07 bits per heavy atom. The van der Waals surface area contributed by atoms with Crippen LogP contribution in [0.1, 0.15) is 29.6 Å². The number of hydrogen-bond donors (Lipinski definition) is 2. The summed E-state index contributed by atoms with van der Waals surface area (Å²) in [7, 11) is 0. The van der Waals surface area contributed by atoms with E-state index in [9.17, 15) is 4.79 Å². The number of aromatic carboxylic acids is 1. The van der Waals surface area contributed by atoms with E-state index in [0.29, 0.717) is 5.56 Å². The molecule has 0 radical (unpaired) electrons. The average molecular weight is 207 g/mol. The minimum Gasteiger partial charge on any atom is -0.478 e. The first-order valence-electron chi connectivity index (χ1n) is 5.30. The second kappa shape index (κ2) is 7.01. The second-order valence-electron chi connectivity index (χ2n) is 3.48. The molecule has 0 atom stereocenters. The quantitative estimate of drug-likeness (QED) is 0.741. The third-order valence-corrected chi connectivity index (χ3v) is 2.23. The van der Waals surface area contributed by atoms with Gasteiger partial charge in [0.1, 0.15) is 0 Å². The molecule has 2 N–H and O–H groups in total. The van der Waals surface area contributed by atoms with Crippen LogP contribution in [0.2, 0.25) is 0 Å². The molecule has 15 heavy (non-hydrogen) atoms. The van der Waals surface area contributed by atoms with E-state index in [1.165, 1.54) is 32.4 Å². The van der Waals surface area contributed by atoms with Gasteiger partial charge < -0.3 is 10.4 Å². The molecule has 1 heterocycles. The van der Waals surface area contributed by atoms with Crippen LogP contribution in [0.15, 0.2) is 30.3 Å². The first-order valence-corrected chi connectivity index (χ1v) is 5.30. The minimum atomic E-state index is -0.879. The summed E-state index contributed by atoms with van der Waals surface area (Å²) in [5.41, 5.74) is 0.331. The SMILES string of the molecule is C1CCNCC1.O=C(O)c1ccccc1. The number of carbonyl (C=O) groups is 1. The smallest absolute Gasteiger partial charge is 0.335 e. The lowest BCUT2D eigenvalue weighted by Crippen LogP contribution is -2.21. The first-order chi connectivity index (χ1) is 7.30. The van der Waals surface area contributed by atoms with Gasteiger partial charge in [-0.3, -0.25) is 0 Å². The molecule has 0 aromatic heterocycles. The van der Waals surface area contributed by atoms with Crippen molar-refractivity contribution in [2.24, 2.45) is 0 Å². The summed E-state index contributed by atoms with van der Waals surface area (Å²) >= 11 is 0. The Morgan fingerprint density at radius 2 is 1.67 bits per heavy atom. The molecule has 2 rings (SSSR count). The summed E-state index contributed by atoms with van der Waals surface area (Å²) in [4.78, 5) is 10.2. The fraction of sp³-hybridized carbons (Fsp3) is 0.417. The zero-order valence-electron chi connectivity index (χ0n) is 8.78. The van der Waals surface area contributed by atoms with E-state index in [1.54, 1.807) is 30.3 Å². The molecule has 0 saturated carbocycles. The second-order valence-corrected chi connectivity index (χ2v) is 3.48. The topological polar surface area (TPSA) is 49.3 Å². The number of carboxylic acids is 1. The molecule has 0 unspecified atom stereocenters. The van der Waals surface area contributed by atoms with Crippen LogP contribution < -0.4 is 5.32 Å². The maximum Gasteiger partial charge on any atom is 0.335 e. The zero-order chi connectivity index (χ0) is 10.9. The summed E-state index contributed by atoms with van der Waals surface area (Å²) in [5, 5.41) is 11.7. The van der Waals surface area contributed by atoms with Gasteiger partial charge in [0.05, 0.1) is 5.56 Å². The largest absolute Gasteiger partial charge is 0.478 e. The van der Waals surface area contributed by atoms with Crippen molar-refractivity contribution in [3.8, 4) is 0 Å². The monoisotopic (exact) mass is 207 g/mol. The van der Waals surface area contributed by atoms with Gasteiger partial charge in [-0.25, -0.2) is 4.79 Å². The Bertz CT molecular complexity index is 269. The summed E-state index contributed by atoms with van der Waals surface area (Å²) < 4.78 is 0. The Kier molecular flexibility index (Phi) is 5.48. The molecule has 3 nitrogen and oxygen atoms in total. The van der Waals surface area contributed by atoms with Gasteiger partial charge >= 0.3 is 5.97 Å². The van der Waals surface area contributed by atoms with Crippen molar-refractivity contribution in [1.82, 2.24) is 5.32 Å². The standard InChI is InChI=1S/C7H6O2.C5H11N/c8-7(9)6-4-2-1-3-5-6;1-2-4-6-5-3-1/h1-5H,(H,8,9);6H,1-5H2. The van der Waals surface area contributed by atoms with E-state index in [4.69, 9.17) is 5.11 Å². The zero-order valence-corrected chi connectivity index (χ0v) is 8.78. The Morgan fingerprint density at radius 3 is 1.93 bits per heavy atom. The van der Waals surface area contributed by atoms with Crippen LogP contribution in [-0.2, 0) is 0 Å². The first kappa shape index (κ1) is 11.7. The molecular weight excluding hydrogens is 190 g/mol. The van der Waals surface area contributed by atoms with E-state index in [0.717, 1.165) is 0 Å². The molecule has 1 fully saturated rings. The highest BCUT2D eigenvalue weighted by atomic mass is 16.4. The molecule has 82 valence electrons. The molecule has 1 aliphatic heterocycles. The van der Waals surface area contributed by atoms with Crippen LogP contribution in [-0.4, -0.2) is 24.2 Å². The van der Waals surface area contributed by atoms with Crippen LogP contribution in [0, 0.1) is 0 Å². The third-order valence-electron chi connectivity index (χ3n) is 2.23. The Labute approximate surface area is 90.1 Å². The maximum atomic E-state index is 10.2. The molecule has 1 aliphatic rings. The van der Waals surface area contributed by atoms with E-state index < -0.39 is 5.97 Å². The fourth-order valence-corrected chi connectivity index (χ4v) is 1.38. The van der Waals surface area contributed by atoms with Gasteiger partial charge in [-0.1, -0.05) is 24.6 Å². The normalized spacial score (nSPS) is 14.9. The van der Waals surface area contributed by atoms with Crippen LogP contribution >= 0.6 is 0 Å². The van der Waals surface area contributed by atoms with Gasteiger partial charge in [0.2, 0.25) is 0 Å². The van der Waals surface area contributed by atoms with E-state index in [-0.39, 0.29) is 0 Å². The van der Waals surface area contributed by atoms with Gasteiger partial charge in [-0.2, -0.15) is 0 Å². The lowest BCUT2D eigenvalue weighted by Gasteiger charge is -2.08. The number of nitrogens with one attached hydrogen (secondary N) is 1. The lowest BCUT2D eigenvalue weighted by molar-refractivity contribution is 0.0697. The van der Waals surface area contributed by atoms with Gasteiger partial charge in [0.25, 0.3) is 0 Å². The summed E-state index contributed by atoms with van der Waals surface area (Å²) in [6.07, 6.45) is 4.22. The highest BCUT2D eigenvalue weighted by Gasteiger charge is 1.96. The summed E-state index contributed by atoms with van der Waals surface area (Å²) in [6.45, 7) is 2.50. The Balaban J connectivity index is 0.000000162. The maximum absolute atomic E-state index is 10.2. The van der Waals surface area contributed by atoms with Crippen LogP contribution in [0.5, 0.6) is 0 Å². The van der Waals surface area contributed by atoms with Crippen molar-refractivity contribution in [2.45, 2.75) is 19.3 Å². The van der Waals surface area contributed by atoms with Crippen LogP contribution in [0.3, 0.4) is 0 Å². The highest BCUT2D eigenvalue weighted by molar-refractivity contribution is 5.87. The molecular formula is C12H17NO2. The van der Waals surface area contributed by atoms with Crippen molar-refractivity contribution in [1.29, 1.82) is 0 Å². The summed E-state index contributed by atoms with van der Waals surface area (Å²) in [6, 6.07) is 8.30. The molecule has 3 heteroatoms. The lowest BCUT2D eigenvalue weighted by atomic mass is 10.2. The number of piperidine rings is 1. The molecule has 0 spiro atoms. The van der Waals surface area contributed by atoms with Crippen LogP contribution in [0.4, 0.5) is 0 Å². The predicted octanol–water partition coefficient (Wildman–Crippen LogP) is 2.14. The molecule has 0 bridgehead atoms. The van der Waals surface area contributed by atoms with Gasteiger partial charge in [-0.15, -0.1) is 0 Å². The average Bonchev–Trinajstić information content (AvgIpc) is 2.33. The fourth-order valence-electron chi connectivity index (χ4n) is 1.38. The number of carboxylic acid groups (broad SMARTS) is 1.